The highest BCUT2D eigenvalue weighted by Crippen LogP contribution is 2.27. The van der Waals surface area contributed by atoms with E-state index in [0.717, 1.165) is 22.8 Å². The molecule has 2 aromatic rings. The molecule has 114 valence electrons. The molecule has 0 radical (unpaired) electrons. The largest absolute Gasteiger partial charge is 0.493 e. The Labute approximate surface area is 136 Å². The maximum atomic E-state index is 6.32. The first-order chi connectivity index (χ1) is 9.96. The third-order valence-electron chi connectivity index (χ3n) is 3.06. The molecule has 2 rings (SSSR count). The van der Waals surface area contributed by atoms with Crippen molar-refractivity contribution in [1.29, 1.82) is 0 Å². The molecule has 0 unspecified atom stereocenters. The number of ether oxygens (including phenoxy) is 1. The molecule has 0 amide bonds. The van der Waals surface area contributed by atoms with Gasteiger partial charge in [0.05, 0.1) is 6.61 Å². The van der Waals surface area contributed by atoms with E-state index in [-0.39, 0.29) is 5.54 Å². The minimum atomic E-state index is 0.0490. The van der Waals surface area contributed by atoms with Gasteiger partial charge in [0.2, 0.25) is 0 Å². The lowest BCUT2D eigenvalue weighted by molar-refractivity contribution is 0.316. The summed E-state index contributed by atoms with van der Waals surface area (Å²) in [6.07, 6.45) is 0.927. The van der Waals surface area contributed by atoms with Crippen molar-refractivity contribution in [3.8, 4) is 5.75 Å². The summed E-state index contributed by atoms with van der Waals surface area (Å²) in [5.74, 6) is 0.871. The van der Waals surface area contributed by atoms with Crippen LogP contribution in [0.5, 0.6) is 5.75 Å². The molecule has 1 N–H and O–H groups in total. The van der Waals surface area contributed by atoms with Crippen LogP contribution in [0.25, 0.3) is 0 Å². The maximum Gasteiger partial charge on any atom is 0.125 e. The fourth-order valence-electron chi connectivity index (χ4n) is 1.92. The summed E-state index contributed by atoms with van der Waals surface area (Å²) < 4.78 is 5.94. The predicted molar refractivity (Wildman–Crippen MR) is 91.6 cm³/mol. The lowest BCUT2D eigenvalue weighted by Crippen LogP contribution is -2.35. The maximum absolute atomic E-state index is 6.32. The van der Waals surface area contributed by atoms with Gasteiger partial charge in [-0.05, 0) is 44.4 Å². The molecule has 0 aliphatic carbocycles. The third-order valence-corrected chi connectivity index (χ3v) is 4.35. The normalized spacial score (nSPS) is 11.6. The van der Waals surface area contributed by atoms with Crippen molar-refractivity contribution in [3.63, 3.8) is 0 Å². The zero-order valence-corrected chi connectivity index (χ0v) is 14.4. The number of hydrogen-bond acceptors (Lipinski definition) is 3. The van der Waals surface area contributed by atoms with Crippen LogP contribution in [0.2, 0.25) is 5.02 Å². The van der Waals surface area contributed by atoms with Gasteiger partial charge in [-0.1, -0.05) is 23.7 Å². The molecule has 1 heterocycles. The van der Waals surface area contributed by atoms with Crippen LogP contribution < -0.4 is 10.1 Å². The predicted octanol–water partition coefficient (Wildman–Crippen LogP) is 4.91. The van der Waals surface area contributed by atoms with Crippen LogP contribution in [0.15, 0.2) is 35.7 Å². The summed E-state index contributed by atoms with van der Waals surface area (Å²) in [7, 11) is 0. The standard InChI is InChI=1S/C17H22ClNOS/c1-17(2,3)19-12-14-15(18)7-4-8-16(14)20-10-9-13-6-5-11-21-13/h4-8,11,19H,9-10,12H2,1-3H3. The second-order valence-corrected chi connectivity index (χ2v) is 7.44. The summed E-state index contributed by atoms with van der Waals surface area (Å²) in [6.45, 7) is 7.80. The first-order valence-corrected chi connectivity index (χ1v) is 8.39. The molecule has 0 aliphatic heterocycles. The lowest BCUT2D eigenvalue weighted by atomic mass is 10.1. The minimum Gasteiger partial charge on any atom is -0.493 e. The molecule has 0 spiro atoms. The molecule has 0 saturated carbocycles. The molecule has 0 fully saturated rings. The summed E-state index contributed by atoms with van der Waals surface area (Å²) in [5, 5.41) is 6.30. The molecule has 21 heavy (non-hydrogen) atoms. The van der Waals surface area contributed by atoms with Gasteiger partial charge in [-0.25, -0.2) is 0 Å². The molecule has 0 atom stereocenters. The van der Waals surface area contributed by atoms with Gasteiger partial charge in [0.15, 0.2) is 0 Å². The van der Waals surface area contributed by atoms with Gasteiger partial charge in [0.25, 0.3) is 0 Å². The van der Waals surface area contributed by atoms with Crippen molar-refractivity contribution < 1.29 is 4.74 Å². The van der Waals surface area contributed by atoms with Crippen LogP contribution in [0, 0.1) is 0 Å². The number of halogens is 1. The van der Waals surface area contributed by atoms with Gasteiger partial charge in [-0.15, -0.1) is 11.3 Å². The van der Waals surface area contributed by atoms with Crippen LogP contribution in [-0.2, 0) is 13.0 Å². The molecule has 0 aliphatic rings. The fraction of sp³-hybridized carbons (Fsp3) is 0.412. The number of benzene rings is 1. The summed E-state index contributed by atoms with van der Waals surface area (Å²) in [6, 6.07) is 10.0. The summed E-state index contributed by atoms with van der Waals surface area (Å²) in [5.41, 5.74) is 1.08. The Morgan fingerprint density at radius 3 is 2.67 bits per heavy atom. The average Bonchev–Trinajstić information content (AvgIpc) is 2.90. The fourth-order valence-corrected chi connectivity index (χ4v) is 2.84. The summed E-state index contributed by atoms with van der Waals surface area (Å²) in [4.78, 5) is 1.34. The Morgan fingerprint density at radius 1 is 1.19 bits per heavy atom. The van der Waals surface area contributed by atoms with Crippen molar-refractivity contribution >= 4 is 22.9 Å². The highest BCUT2D eigenvalue weighted by atomic mass is 35.5. The Morgan fingerprint density at radius 2 is 2.00 bits per heavy atom. The Balaban J connectivity index is 1.99. The zero-order valence-electron chi connectivity index (χ0n) is 12.8. The van der Waals surface area contributed by atoms with Crippen molar-refractivity contribution in [2.75, 3.05) is 6.61 Å². The number of nitrogens with one attached hydrogen (secondary N) is 1. The van der Waals surface area contributed by atoms with E-state index >= 15 is 0 Å². The van der Waals surface area contributed by atoms with E-state index in [9.17, 15) is 0 Å². The summed E-state index contributed by atoms with van der Waals surface area (Å²) >= 11 is 8.08. The first-order valence-electron chi connectivity index (χ1n) is 7.13. The van der Waals surface area contributed by atoms with Gasteiger partial charge >= 0.3 is 0 Å². The van der Waals surface area contributed by atoms with E-state index in [4.69, 9.17) is 16.3 Å². The highest BCUT2D eigenvalue weighted by Gasteiger charge is 2.13. The van der Waals surface area contributed by atoms with Crippen LogP contribution in [0.1, 0.15) is 31.2 Å². The number of thiophene rings is 1. The van der Waals surface area contributed by atoms with E-state index in [1.54, 1.807) is 11.3 Å². The second-order valence-electron chi connectivity index (χ2n) is 6.00. The van der Waals surface area contributed by atoms with E-state index in [1.807, 2.05) is 18.2 Å². The second kappa shape index (κ2) is 7.30. The van der Waals surface area contributed by atoms with Crippen molar-refractivity contribution in [1.82, 2.24) is 5.32 Å². The molecular weight excluding hydrogens is 302 g/mol. The lowest BCUT2D eigenvalue weighted by Gasteiger charge is -2.22. The van der Waals surface area contributed by atoms with Crippen LogP contribution in [0.3, 0.4) is 0 Å². The van der Waals surface area contributed by atoms with Gasteiger partial charge < -0.3 is 10.1 Å². The molecule has 4 heteroatoms. The highest BCUT2D eigenvalue weighted by molar-refractivity contribution is 7.09. The Bertz CT molecular complexity index is 561. The van der Waals surface area contributed by atoms with Gasteiger partial charge in [-0.3, -0.25) is 0 Å². The molecule has 2 nitrogen and oxygen atoms in total. The van der Waals surface area contributed by atoms with Crippen LogP contribution in [0.4, 0.5) is 0 Å². The zero-order chi connectivity index (χ0) is 15.3. The topological polar surface area (TPSA) is 21.3 Å². The molecule has 1 aromatic heterocycles. The van der Waals surface area contributed by atoms with Gasteiger partial charge in [0.1, 0.15) is 5.75 Å². The Kier molecular flexibility index (Phi) is 5.68. The Hall–Kier alpha value is -1.03. The van der Waals surface area contributed by atoms with Crippen molar-refractivity contribution in [3.05, 3.63) is 51.2 Å². The third kappa shape index (κ3) is 5.34. The van der Waals surface area contributed by atoms with E-state index < -0.39 is 0 Å². The van der Waals surface area contributed by atoms with Crippen LogP contribution >= 0.6 is 22.9 Å². The smallest absolute Gasteiger partial charge is 0.125 e. The monoisotopic (exact) mass is 323 g/mol. The van der Waals surface area contributed by atoms with E-state index in [2.05, 4.69) is 43.6 Å². The molecule has 1 aromatic carbocycles. The minimum absolute atomic E-state index is 0.0490. The first kappa shape index (κ1) is 16.3. The van der Waals surface area contributed by atoms with E-state index in [0.29, 0.717) is 13.2 Å². The SMILES string of the molecule is CC(C)(C)NCc1c(Cl)cccc1OCCc1cccs1. The van der Waals surface area contributed by atoms with Crippen molar-refractivity contribution in [2.45, 2.75) is 39.3 Å². The van der Waals surface area contributed by atoms with Gasteiger partial charge in [-0.2, -0.15) is 0 Å². The van der Waals surface area contributed by atoms with Gasteiger partial charge in [0, 0.05) is 34.0 Å². The van der Waals surface area contributed by atoms with Crippen molar-refractivity contribution in [2.24, 2.45) is 0 Å². The van der Waals surface area contributed by atoms with E-state index in [1.165, 1.54) is 4.88 Å². The number of hydrogen-bond donors (Lipinski definition) is 1. The molecule has 0 bridgehead atoms. The number of rotatable bonds is 6. The average molecular weight is 324 g/mol. The molecule has 0 saturated heterocycles. The quantitative estimate of drug-likeness (QED) is 0.815. The van der Waals surface area contributed by atoms with Crippen LogP contribution in [-0.4, -0.2) is 12.1 Å². The molecular formula is C17H22ClNOS.